The molecule has 0 aromatic rings. The Labute approximate surface area is 48.4 Å². The highest BCUT2D eigenvalue weighted by atomic mass is 16.2. The maximum Gasteiger partial charge on any atom is 0.103 e. The van der Waals surface area contributed by atoms with Crippen LogP contribution in [-0.2, 0) is 0 Å². The predicted molar refractivity (Wildman–Crippen MR) is 31.1 cm³/mol. The van der Waals surface area contributed by atoms with E-state index in [1.165, 1.54) is 0 Å². The molecule has 0 fully saturated rings. The van der Waals surface area contributed by atoms with E-state index in [9.17, 15) is 0 Å². The van der Waals surface area contributed by atoms with Crippen molar-refractivity contribution in [2.24, 2.45) is 0 Å². The molecule has 42 valence electrons. The van der Waals surface area contributed by atoms with Gasteiger partial charge in [0.25, 0.3) is 0 Å². The van der Waals surface area contributed by atoms with E-state index in [4.69, 9.17) is 10.4 Å². The van der Waals surface area contributed by atoms with Crippen molar-refractivity contribution >= 4 is 0 Å². The van der Waals surface area contributed by atoms with Gasteiger partial charge in [-0.1, -0.05) is 6.58 Å². The lowest BCUT2D eigenvalue weighted by Gasteiger charge is -1.87. The molecule has 0 unspecified atom stereocenters. The highest BCUT2D eigenvalue weighted by Gasteiger charge is 1.91. The van der Waals surface area contributed by atoms with E-state index in [1.54, 1.807) is 13.0 Å². The van der Waals surface area contributed by atoms with Gasteiger partial charge in [0.15, 0.2) is 0 Å². The van der Waals surface area contributed by atoms with Crippen molar-refractivity contribution < 1.29 is 5.11 Å². The second-order valence-electron chi connectivity index (χ2n) is 1.43. The Hall–Kier alpha value is -1.23. The Morgan fingerprint density at radius 1 is 1.88 bits per heavy atom. The van der Waals surface area contributed by atoms with Gasteiger partial charge in [-0.05, 0) is 12.5 Å². The summed E-state index contributed by atoms with van der Waals surface area (Å²) < 4.78 is 0. The van der Waals surface area contributed by atoms with E-state index in [0.717, 1.165) is 6.26 Å². The summed E-state index contributed by atoms with van der Waals surface area (Å²) in [6.45, 7) is 5.10. The molecular formula is C6H7NO. The van der Waals surface area contributed by atoms with Gasteiger partial charge in [-0.15, -0.1) is 0 Å². The Morgan fingerprint density at radius 3 is 2.38 bits per heavy atom. The zero-order chi connectivity index (χ0) is 6.57. The summed E-state index contributed by atoms with van der Waals surface area (Å²) in [5.41, 5.74) is 0.806. The summed E-state index contributed by atoms with van der Waals surface area (Å²) in [5, 5.41) is 16.4. The first kappa shape index (κ1) is 6.77. The lowest BCUT2D eigenvalue weighted by molar-refractivity contribution is 0.470. The number of hydrogen-bond acceptors (Lipinski definition) is 2. The minimum absolute atomic E-state index is 0.227. The average Bonchev–Trinajstić information content (AvgIpc) is 1.69. The fraction of sp³-hybridized carbons (Fsp3) is 0.167. The Kier molecular flexibility index (Phi) is 2.42. The van der Waals surface area contributed by atoms with Gasteiger partial charge in [-0.2, -0.15) is 5.26 Å². The van der Waals surface area contributed by atoms with Gasteiger partial charge < -0.3 is 5.11 Å². The molecule has 0 saturated heterocycles. The molecular weight excluding hydrogens is 102 g/mol. The first-order chi connectivity index (χ1) is 3.72. The van der Waals surface area contributed by atoms with Crippen LogP contribution in [0.25, 0.3) is 0 Å². The van der Waals surface area contributed by atoms with Crippen LogP contribution in [0.2, 0.25) is 0 Å². The van der Waals surface area contributed by atoms with Crippen LogP contribution in [0.1, 0.15) is 6.92 Å². The number of aliphatic hydroxyl groups excluding tert-OH is 1. The number of hydrogen-bond donors (Lipinski definition) is 1. The van der Waals surface area contributed by atoms with Crippen LogP contribution >= 0.6 is 0 Å². The zero-order valence-electron chi connectivity index (χ0n) is 4.68. The molecule has 1 N–H and O–H groups in total. The van der Waals surface area contributed by atoms with Gasteiger partial charge in [-0.25, -0.2) is 0 Å². The fourth-order valence-corrected chi connectivity index (χ4v) is 0.234. The largest absolute Gasteiger partial charge is 0.514 e. The second kappa shape index (κ2) is 2.86. The quantitative estimate of drug-likeness (QED) is 0.315. The standard InChI is InChI=1S/C6H7NO/c1-5(2)6(3-7)4-8/h4,8H,1H2,2H3/b6-4+. The van der Waals surface area contributed by atoms with Crippen LogP contribution in [0.4, 0.5) is 0 Å². The maximum atomic E-state index is 8.25. The van der Waals surface area contributed by atoms with Crippen molar-refractivity contribution in [3.63, 3.8) is 0 Å². The molecule has 0 radical (unpaired) electrons. The number of nitriles is 1. The molecule has 0 aliphatic carbocycles. The normalized spacial score (nSPS) is 10.2. The molecule has 0 aromatic heterocycles. The van der Waals surface area contributed by atoms with E-state index in [-0.39, 0.29) is 5.57 Å². The lowest BCUT2D eigenvalue weighted by atomic mass is 10.2. The third-order valence-electron chi connectivity index (χ3n) is 0.709. The van der Waals surface area contributed by atoms with Crippen molar-refractivity contribution in [3.8, 4) is 6.07 Å². The van der Waals surface area contributed by atoms with Crippen LogP contribution in [0.5, 0.6) is 0 Å². The highest BCUT2D eigenvalue weighted by Crippen LogP contribution is 2.01. The van der Waals surface area contributed by atoms with Crippen molar-refractivity contribution in [1.82, 2.24) is 0 Å². The number of allylic oxidation sites excluding steroid dienone is 2. The maximum absolute atomic E-state index is 8.25. The molecule has 0 atom stereocenters. The smallest absolute Gasteiger partial charge is 0.103 e. The minimum Gasteiger partial charge on any atom is -0.514 e. The molecule has 0 aliphatic heterocycles. The van der Waals surface area contributed by atoms with Crippen molar-refractivity contribution in [2.45, 2.75) is 6.92 Å². The van der Waals surface area contributed by atoms with Crippen molar-refractivity contribution in [2.75, 3.05) is 0 Å². The van der Waals surface area contributed by atoms with Gasteiger partial charge in [0.05, 0.1) is 11.8 Å². The van der Waals surface area contributed by atoms with E-state index in [2.05, 4.69) is 6.58 Å². The molecule has 0 spiro atoms. The van der Waals surface area contributed by atoms with Crippen molar-refractivity contribution in [1.29, 1.82) is 5.26 Å². The number of rotatable bonds is 1. The topological polar surface area (TPSA) is 44.0 Å². The molecule has 8 heavy (non-hydrogen) atoms. The van der Waals surface area contributed by atoms with E-state index >= 15 is 0 Å². The SMILES string of the molecule is C=C(C)/C(C#N)=C/O. The summed E-state index contributed by atoms with van der Waals surface area (Å²) in [6, 6.07) is 1.76. The summed E-state index contributed by atoms with van der Waals surface area (Å²) in [6.07, 6.45) is 0.752. The Balaban J connectivity index is 4.20. The average molecular weight is 109 g/mol. The molecule has 0 amide bonds. The number of nitrogens with zero attached hydrogens (tertiary/aromatic N) is 1. The summed E-state index contributed by atoms with van der Waals surface area (Å²) in [5.74, 6) is 0. The van der Waals surface area contributed by atoms with Crippen LogP contribution < -0.4 is 0 Å². The molecule has 0 aromatic carbocycles. The van der Waals surface area contributed by atoms with Gasteiger partial charge in [0, 0.05) is 0 Å². The summed E-state index contributed by atoms with van der Waals surface area (Å²) in [4.78, 5) is 0. The molecule has 0 bridgehead atoms. The minimum atomic E-state index is 0.227. The first-order valence-corrected chi connectivity index (χ1v) is 2.12. The predicted octanol–water partition coefficient (Wildman–Crippen LogP) is 1.53. The molecule has 0 aliphatic rings. The summed E-state index contributed by atoms with van der Waals surface area (Å²) >= 11 is 0. The van der Waals surface area contributed by atoms with E-state index in [1.807, 2.05) is 0 Å². The lowest BCUT2D eigenvalue weighted by Crippen LogP contribution is -1.76. The molecule has 0 heterocycles. The van der Waals surface area contributed by atoms with Gasteiger partial charge in [0.2, 0.25) is 0 Å². The molecule has 0 saturated carbocycles. The summed E-state index contributed by atoms with van der Waals surface area (Å²) in [7, 11) is 0. The van der Waals surface area contributed by atoms with Crippen molar-refractivity contribution in [3.05, 3.63) is 24.0 Å². The molecule has 0 rings (SSSR count). The first-order valence-electron chi connectivity index (χ1n) is 2.12. The van der Waals surface area contributed by atoms with Crippen LogP contribution in [0.15, 0.2) is 24.0 Å². The molecule has 2 nitrogen and oxygen atoms in total. The van der Waals surface area contributed by atoms with E-state index in [0.29, 0.717) is 5.57 Å². The second-order valence-corrected chi connectivity index (χ2v) is 1.43. The molecule has 2 heteroatoms. The fourth-order valence-electron chi connectivity index (χ4n) is 0.234. The van der Waals surface area contributed by atoms with Crippen LogP contribution in [0, 0.1) is 11.3 Å². The van der Waals surface area contributed by atoms with Crippen LogP contribution in [0.3, 0.4) is 0 Å². The number of aliphatic hydroxyl groups is 1. The monoisotopic (exact) mass is 109 g/mol. The Bertz CT molecular complexity index is 162. The third kappa shape index (κ3) is 1.48. The third-order valence-corrected chi connectivity index (χ3v) is 0.709. The van der Waals surface area contributed by atoms with Gasteiger partial charge >= 0.3 is 0 Å². The Morgan fingerprint density at radius 2 is 2.38 bits per heavy atom. The van der Waals surface area contributed by atoms with E-state index < -0.39 is 0 Å². The van der Waals surface area contributed by atoms with Crippen LogP contribution in [-0.4, -0.2) is 5.11 Å². The van der Waals surface area contributed by atoms with Gasteiger partial charge in [0.1, 0.15) is 6.07 Å². The zero-order valence-corrected chi connectivity index (χ0v) is 4.68. The highest BCUT2D eigenvalue weighted by molar-refractivity contribution is 5.36. The van der Waals surface area contributed by atoms with Gasteiger partial charge in [-0.3, -0.25) is 0 Å².